The molecule has 1 aliphatic heterocycles. The molecule has 4 unspecified atom stereocenters. The number of hydrogen-bond acceptors (Lipinski definition) is 9. The molecule has 9 heteroatoms. The number of cyclic esters (lactones) is 1. The van der Waals surface area contributed by atoms with Gasteiger partial charge in [0.25, 0.3) is 0 Å². The Morgan fingerprint density at radius 3 is 2.51 bits per heavy atom. The molecule has 4 aliphatic rings. The molecule has 2 fully saturated rings. The SMILES string of the molecule is CC[C@H]1CCCC[C@@H](C)C(=O)C2=CC3C(c4nc(C(C)C)sc4C4C[C@@H](OC(OC)[C@H](COC)OC)C[C@H]43)[C@@H]2CC(=O)O1. The molecular weight excluding hydrogens is 566 g/mol. The predicted octanol–water partition coefficient (Wildman–Crippen LogP) is 6.54. The molecule has 0 N–H and O–H groups in total. The van der Waals surface area contributed by atoms with Gasteiger partial charge in [-0.1, -0.05) is 40.2 Å². The van der Waals surface area contributed by atoms with Crippen molar-refractivity contribution >= 4 is 23.1 Å². The van der Waals surface area contributed by atoms with Crippen molar-refractivity contribution in [1.29, 1.82) is 0 Å². The lowest BCUT2D eigenvalue weighted by molar-refractivity contribution is -0.218. The number of nitrogens with zero attached hydrogens (tertiary/aromatic N) is 1. The fourth-order valence-electron chi connectivity index (χ4n) is 8.04. The van der Waals surface area contributed by atoms with E-state index in [0.29, 0.717) is 18.4 Å². The number of aromatic nitrogens is 1. The smallest absolute Gasteiger partial charge is 0.306 e. The van der Waals surface area contributed by atoms with Crippen LogP contribution in [-0.2, 0) is 33.3 Å². The lowest BCUT2D eigenvalue weighted by Crippen LogP contribution is -2.38. The number of ether oxygens (including phenoxy) is 5. The molecule has 0 radical (unpaired) electrons. The molecule has 2 heterocycles. The maximum absolute atomic E-state index is 14.0. The Kier molecular flexibility index (Phi) is 10.8. The van der Waals surface area contributed by atoms with Crippen LogP contribution >= 0.6 is 11.3 Å². The van der Waals surface area contributed by atoms with Crippen molar-refractivity contribution in [3.05, 3.63) is 27.2 Å². The van der Waals surface area contributed by atoms with Crippen LogP contribution in [-0.4, -0.2) is 69.3 Å². The Bertz CT molecular complexity index is 1160. The van der Waals surface area contributed by atoms with Gasteiger partial charge in [0.05, 0.1) is 29.8 Å². The Morgan fingerprint density at radius 2 is 1.84 bits per heavy atom. The molecule has 1 aromatic rings. The molecule has 0 amide bonds. The maximum Gasteiger partial charge on any atom is 0.306 e. The summed E-state index contributed by atoms with van der Waals surface area (Å²) in [5, 5.41) is 1.12. The Balaban J connectivity index is 1.51. The van der Waals surface area contributed by atoms with Crippen molar-refractivity contribution in [2.24, 2.45) is 23.7 Å². The first kappa shape index (κ1) is 32.7. The van der Waals surface area contributed by atoms with Crippen LogP contribution in [0, 0.1) is 23.7 Å². The minimum Gasteiger partial charge on any atom is -0.462 e. The molecule has 0 aromatic carbocycles. The first-order valence-electron chi connectivity index (χ1n) is 16.4. The number of rotatable bonds is 9. The second-order valence-corrected chi connectivity index (χ2v) is 14.5. The van der Waals surface area contributed by atoms with E-state index in [9.17, 15) is 9.59 Å². The van der Waals surface area contributed by atoms with Gasteiger partial charge in [-0.3, -0.25) is 9.59 Å². The number of carbonyl (C=O) groups excluding carboxylic acids is 2. The van der Waals surface area contributed by atoms with Gasteiger partial charge in [-0.15, -0.1) is 11.3 Å². The minimum atomic E-state index is -0.543. The molecule has 1 saturated carbocycles. The molecule has 5 rings (SSSR count). The zero-order valence-electron chi connectivity index (χ0n) is 27.0. The summed E-state index contributed by atoms with van der Waals surface area (Å²) in [4.78, 5) is 34.1. The van der Waals surface area contributed by atoms with Crippen molar-refractivity contribution in [3.8, 4) is 0 Å². The van der Waals surface area contributed by atoms with Gasteiger partial charge < -0.3 is 23.7 Å². The minimum absolute atomic E-state index is 0.00101. The summed E-state index contributed by atoms with van der Waals surface area (Å²) in [7, 11) is 4.93. The van der Waals surface area contributed by atoms with Crippen LogP contribution in [0.4, 0.5) is 0 Å². The molecule has 43 heavy (non-hydrogen) atoms. The number of hydrogen-bond donors (Lipinski definition) is 0. The number of methoxy groups -OCH3 is 3. The second kappa shape index (κ2) is 14.2. The van der Waals surface area contributed by atoms with Crippen LogP contribution in [0.2, 0.25) is 0 Å². The molecule has 8 nitrogen and oxygen atoms in total. The maximum atomic E-state index is 14.0. The summed E-state index contributed by atoms with van der Waals surface area (Å²) in [6.45, 7) is 8.89. The Hall–Kier alpha value is -1.65. The highest BCUT2D eigenvalue weighted by atomic mass is 32.1. The summed E-state index contributed by atoms with van der Waals surface area (Å²) < 4.78 is 29.3. The van der Waals surface area contributed by atoms with Crippen molar-refractivity contribution in [2.75, 3.05) is 27.9 Å². The number of carbonyl (C=O) groups is 2. The fourth-order valence-corrected chi connectivity index (χ4v) is 9.35. The van der Waals surface area contributed by atoms with Crippen LogP contribution in [0.1, 0.15) is 112 Å². The third kappa shape index (κ3) is 6.67. The van der Waals surface area contributed by atoms with E-state index in [1.165, 1.54) is 4.88 Å². The molecule has 1 saturated heterocycles. The fraction of sp³-hybridized carbons (Fsp3) is 0.794. The average Bonchev–Trinajstić information content (AvgIpc) is 3.70. The van der Waals surface area contributed by atoms with Crippen molar-refractivity contribution in [3.63, 3.8) is 0 Å². The molecule has 0 bridgehead atoms. The van der Waals surface area contributed by atoms with E-state index in [0.717, 1.165) is 61.2 Å². The van der Waals surface area contributed by atoms with Gasteiger partial charge >= 0.3 is 5.97 Å². The zero-order chi connectivity index (χ0) is 30.8. The first-order chi connectivity index (χ1) is 20.7. The van der Waals surface area contributed by atoms with Gasteiger partial charge in [0.2, 0.25) is 0 Å². The molecule has 1 aromatic heterocycles. The van der Waals surface area contributed by atoms with E-state index < -0.39 is 6.29 Å². The van der Waals surface area contributed by atoms with Crippen LogP contribution in [0.15, 0.2) is 11.6 Å². The number of fused-ring (bicyclic) bond motifs is 8. The summed E-state index contributed by atoms with van der Waals surface area (Å²) in [5.74, 6) is 0.750. The number of ketones is 1. The highest BCUT2D eigenvalue weighted by Crippen LogP contribution is 2.62. The standard InChI is InChI=1S/C34H51NO7S/c1-8-20-12-10-9-11-19(4)31(37)25-15-23-22-13-21(42-34(40-7)27(39-6)17-38-5)14-26(22)32-30(35-33(43-32)18(2)3)29(23)24(25)16-28(36)41-20/h15,18-24,26-27,29,34H,8-14,16-17H2,1-7H3/t19-,20+,21+,22+,23?,24-,26?,27+,29?,34?/m1/s1. The van der Waals surface area contributed by atoms with Gasteiger partial charge in [-0.25, -0.2) is 4.98 Å². The summed E-state index contributed by atoms with van der Waals surface area (Å²) in [5.41, 5.74) is 1.93. The van der Waals surface area contributed by atoms with Gasteiger partial charge in [-0.2, -0.15) is 0 Å². The van der Waals surface area contributed by atoms with E-state index in [1.54, 1.807) is 21.3 Å². The van der Waals surface area contributed by atoms with Gasteiger partial charge in [0, 0.05) is 55.8 Å². The number of allylic oxidation sites excluding steroid dienone is 2. The highest BCUT2D eigenvalue weighted by molar-refractivity contribution is 7.12. The Labute approximate surface area is 261 Å². The van der Waals surface area contributed by atoms with Crippen molar-refractivity contribution in [2.45, 2.75) is 121 Å². The third-order valence-corrected chi connectivity index (χ3v) is 11.8. The normalized spacial score (nSPS) is 34.3. The predicted molar refractivity (Wildman–Crippen MR) is 165 cm³/mol. The first-order valence-corrected chi connectivity index (χ1v) is 17.2. The lowest BCUT2D eigenvalue weighted by atomic mass is 9.67. The number of thiazole rings is 1. The van der Waals surface area contributed by atoms with Crippen LogP contribution in [0.3, 0.4) is 0 Å². The van der Waals surface area contributed by atoms with E-state index in [4.69, 9.17) is 28.7 Å². The van der Waals surface area contributed by atoms with Crippen LogP contribution in [0.25, 0.3) is 0 Å². The zero-order valence-corrected chi connectivity index (χ0v) is 27.8. The van der Waals surface area contributed by atoms with Crippen LogP contribution in [0.5, 0.6) is 0 Å². The summed E-state index contributed by atoms with van der Waals surface area (Å²) in [6, 6.07) is 0. The van der Waals surface area contributed by atoms with Crippen LogP contribution < -0.4 is 0 Å². The molecular formula is C34H51NO7S. The largest absolute Gasteiger partial charge is 0.462 e. The lowest BCUT2D eigenvalue weighted by Gasteiger charge is -2.37. The summed E-state index contributed by atoms with van der Waals surface area (Å²) >= 11 is 1.82. The van der Waals surface area contributed by atoms with Gasteiger partial charge in [-0.05, 0) is 55.9 Å². The highest BCUT2D eigenvalue weighted by Gasteiger charge is 2.56. The average molecular weight is 618 g/mol. The second-order valence-electron chi connectivity index (χ2n) is 13.4. The number of Topliss-reactive ketones (excluding diaryl/α,β-unsaturated/α-hetero) is 1. The van der Waals surface area contributed by atoms with E-state index in [1.807, 2.05) is 11.3 Å². The molecule has 0 spiro atoms. The molecule has 10 atom stereocenters. The van der Waals surface area contributed by atoms with Crippen molar-refractivity contribution < 1.29 is 33.3 Å². The number of esters is 1. The molecule has 240 valence electrons. The van der Waals surface area contributed by atoms with E-state index in [-0.39, 0.29) is 66.1 Å². The topological polar surface area (TPSA) is 93.2 Å². The van der Waals surface area contributed by atoms with Crippen molar-refractivity contribution in [1.82, 2.24) is 4.98 Å². The van der Waals surface area contributed by atoms with E-state index >= 15 is 0 Å². The quantitative estimate of drug-likeness (QED) is 0.228. The van der Waals surface area contributed by atoms with E-state index in [2.05, 4.69) is 33.8 Å². The Morgan fingerprint density at radius 1 is 1.07 bits per heavy atom. The third-order valence-electron chi connectivity index (χ3n) is 10.3. The van der Waals surface area contributed by atoms with Gasteiger partial charge in [0.1, 0.15) is 12.2 Å². The monoisotopic (exact) mass is 617 g/mol. The molecule has 3 aliphatic carbocycles. The van der Waals surface area contributed by atoms with Gasteiger partial charge in [0.15, 0.2) is 12.1 Å². The summed E-state index contributed by atoms with van der Waals surface area (Å²) in [6.07, 6.45) is 7.71.